The van der Waals surface area contributed by atoms with E-state index < -0.39 is 0 Å². The average Bonchev–Trinajstić information content (AvgIpc) is 4.11. The second-order valence-corrected chi connectivity index (χ2v) is 18.5. The van der Waals surface area contributed by atoms with E-state index in [0.29, 0.717) is 17.5 Å². The van der Waals surface area contributed by atoms with Crippen molar-refractivity contribution in [3.05, 3.63) is 249 Å². The predicted octanol–water partition coefficient (Wildman–Crippen LogP) is 16.4. The normalized spacial score (nSPS) is 11.8. The van der Waals surface area contributed by atoms with Crippen LogP contribution in [0.15, 0.2) is 249 Å². The van der Waals surface area contributed by atoms with E-state index in [1.54, 1.807) is 0 Å². The van der Waals surface area contributed by atoms with Crippen LogP contribution in [0.5, 0.6) is 0 Å². The number of nitrogens with zero attached hydrogens (tertiary/aromatic N) is 7. The predicted molar refractivity (Wildman–Crippen MR) is 300 cm³/mol. The van der Waals surface area contributed by atoms with Crippen molar-refractivity contribution < 1.29 is 0 Å². The molecule has 340 valence electrons. The number of benzene rings is 10. The van der Waals surface area contributed by atoms with Gasteiger partial charge in [0.15, 0.2) is 23.3 Å². The van der Waals surface area contributed by atoms with Gasteiger partial charge in [-0.3, -0.25) is 9.13 Å². The molecule has 0 amide bonds. The van der Waals surface area contributed by atoms with Gasteiger partial charge in [0.05, 0.1) is 38.7 Å². The van der Waals surface area contributed by atoms with E-state index in [2.05, 4.69) is 226 Å². The van der Waals surface area contributed by atoms with Crippen LogP contribution < -0.4 is 0 Å². The van der Waals surface area contributed by atoms with Crippen LogP contribution in [0.1, 0.15) is 0 Å². The van der Waals surface area contributed by atoms with Gasteiger partial charge in [-0.1, -0.05) is 212 Å². The van der Waals surface area contributed by atoms with Crippen LogP contribution in [0.4, 0.5) is 0 Å². The highest BCUT2D eigenvalue weighted by atomic mass is 15.2. The van der Waals surface area contributed by atoms with Gasteiger partial charge >= 0.3 is 0 Å². The molecule has 0 aliphatic carbocycles. The van der Waals surface area contributed by atoms with E-state index >= 15 is 0 Å². The number of hydrogen-bond donors (Lipinski definition) is 0. The largest absolute Gasteiger partial charge is 0.305 e. The Kier molecular flexibility index (Phi) is 9.13. The fraction of sp³-hybridized carbons (Fsp3) is 0. The first-order valence-corrected chi connectivity index (χ1v) is 24.7. The highest BCUT2D eigenvalue weighted by Gasteiger charge is 2.33. The van der Waals surface area contributed by atoms with Crippen molar-refractivity contribution in [2.75, 3.05) is 0 Å². The molecule has 7 nitrogen and oxygen atoms in total. The third-order valence-electron chi connectivity index (χ3n) is 14.5. The fourth-order valence-corrected chi connectivity index (χ4v) is 11.4. The molecule has 0 aliphatic rings. The summed E-state index contributed by atoms with van der Waals surface area (Å²) in [5, 5.41) is 8.96. The summed E-state index contributed by atoms with van der Waals surface area (Å²) in [5.74, 6) is 3.11. The van der Waals surface area contributed by atoms with Gasteiger partial charge in [0.25, 0.3) is 0 Å². The molecular formula is C66H41N7. The van der Waals surface area contributed by atoms with Gasteiger partial charge in [0.1, 0.15) is 11.5 Å². The number of para-hydroxylation sites is 6. The first-order valence-electron chi connectivity index (χ1n) is 24.7. The Labute approximate surface area is 419 Å². The summed E-state index contributed by atoms with van der Waals surface area (Å²) in [7, 11) is 0. The first-order chi connectivity index (χ1) is 36.3. The van der Waals surface area contributed by atoms with E-state index in [4.69, 9.17) is 19.9 Å². The molecule has 0 atom stereocenters. The maximum Gasteiger partial charge on any atom is 0.167 e. The zero-order valence-electron chi connectivity index (χ0n) is 39.3. The van der Waals surface area contributed by atoms with Gasteiger partial charge in [0.2, 0.25) is 0 Å². The SMILES string of the molecule is c1ccc(-c2nc(-c3ccccc3)nc(-c3c(-c4cccc5ccccc45)c(-n4c5ccccc5c5ccccc54)nc(-n4c5ccccc5c5ccccc54)c3-n3c4ccccc4c4ccccc43)n2)cc1. The molecule has 5 aromatic heterocycles. The lowest BCUT2D eigenvalue weighted by Crippen LogP contribution is -2.15. The van der Waals surface area contributed by atoms with Crippen molar-refractivity contribution in [1.82, 2.24) is 33.6 Å². The smallest absolute Gasteiger partial charge is 0.167 e. The molecule has 73 heavy (non-hydrogen) atoms. The van der Waals surface area contributed by atoms with Crippen molar-refractivity contribution in [3.63, 3.8) is 0 Å². The highest BCUT2D eigenvalue weighted by Crippen LogP contribution is 2.49. The van der Waals surface area contributed by atoms with E-state index in [1.807, 2.05) is 36.4 Å². The summed E-state index contributed by atoms with van der Waals surface area (Å²) in [6, 6.07) is 88.0. The molecule has 0 N–H and O–H groups in total. The second-order valence-electron chi connectivity index (χ2n) is 18.5. The van der Waals surface area contributed by atoms with Gasteiger partial charge in [-0.05, 0) is 52.7 Å². The summed E-state index contributed by atoms with van der Waals surface area (Å²) in [6.07, 6.45) is 0. The summed E-state index contributed by atoms with van der Waals surface area (Å²) in [6.45, 7) is 0. The Hall–Kier alpha value is -9.98. The van der Waals surface area contributed by atoms with Gasteiger partial charge in [-0.2, -0.15) is 0 Å². The lowest BCUT2D eigenvalue weighted by Gasteiger charge is -2.26. The lowest BCUT2D eigenvalue weighted by atomic mass is 9.92. The minimum absolute atomic E-state index is 0.513. The van der Waals surface area contributed by atoms with Crippen LogP contribution in [0.25, 0.3) is 139 Å². The van der Waals surface area contributed by atoms with Crippen molar-refractivity contribution in [2.24, 2.45) is 0 Å². The molecule has 15 rings (SSSR count). The summed E-state index contributed by atoms with van der Waals surface area (Å²) in [4.78, 5) is 23.0. The monoisotopic (exact) mass is 931 g/mol. The Morgan fingerprint density at radius 3 is 1.03 bits per heavy atom. The second kappa shape index (κ2) is 16.3. The third kappa shape index (κ3) is 6.25. The average molecular weight is 932 g/mol. The van der Waals surface area contributed by atoms with Crippen molar-refractivity contribution in [3.8, 4) is 62.6 Å². The third-order valence-corrected chi connectivity index (χ3v) is 14.5. The summed E-state index contributed by atoms with van der Waals surface area (Å²) < 4.78 is 7.16. The molecule has 0 saturated carbocycles. The molecule has 0 saturated heterocycles. The van der Waals surface area contributed by atoms with Crippen LogP contribution in [0, 0.1) is 0 Å². The molecule has 0 spiro atoms. The molecule has 10 aromatic carbocycles. The van der Waals surface area contributed by atoms with E-state index in [-0.39, 0.29) is 0 Å². The van der Waals surface area contributed by atoms with Crippen molar-refractivity contribution >= 4 is 76.2 Å². The first kappa shape index (κ1) is 40.9. The summed E-state index contributed by atoms with van der Waals surface area (Å²) in [5.41, 5.74) is 11.5. The minimum atomic E-state index is 0.513. The molecule has 0 radical (unpaired) electrons. The Morgan fingerprint density at radius 1 is 0.233 bits per heavy atom. The number of aromatic nitrogens is 7. The molecule has 0 unspecified atom stereocenters. The zero-order valence-corrected chi connectivity index (χ0v) is 39.3. The number of pyridine rings is 1. The molecule has 7 heteroatoms. The maximum atomic E-state index is 6.29. The Bertz CT molecular complexity index is 4460. The fourth-order valence-electron chi connectivity index (χ4n) is 11.4. The molecule has 0 bridgehead atoms. The van der Waals surface area contributed by atoms with Gasteiger partial charge in [-0.25, -0.2) is 19.9 Å². The van der Waals surface area contributed by atoms with Gasteiger partial charge in [-0.15, -0.1) is 0 Å². The van der Waals surface area contributed by atoms with Crippen LogP contribution in [0.2, 0.25) is 0 Å². The standard InChI is InChI=1S/C66H41N7/c1-3-23-43(24-4-1)62-67-63(44-25-5-2-6-26-44)69-64(68-62)60-59(52-35-21-27-42-22-7-8-28-45(42)52)65(72-55-38-17-11-31-48(55)49-32-12-18-39-56(49)72)70-66(73-57-40-19-13-33-50(57)51-34-14-20-41-58(51)73)61(60)71-53-36-15-9-29-46(53)47-30-10-16-37-54(47)71/h1-41H. The molecule has 0 aliphatic heterocycles. The van der Waals surface area contributed by atoms with E-state index in [9.17, 15) is 0 Å². The van der Waals surface area contributed by atoms with Crippen molar-refractivity contribution in [1.29, 1.82) is 0 Å². The van der Waals surface area contributed by atoms with Gasteiger partial charge in [0, 0.05) is 49.0 Å². The Morgan fingerprint density at radius 2 is 0.575 bits per heavy atom. The quantitative estimate of drug-likeness (QED) is 0.160. The number of hydrogen-bond acceptors (Lipinski definition) is 4. The number of fused-ring (bicyclic) bond motifs is 10. The maximum absolute atomic E-state index is 6.29. The van der Waals surface area contributed by atoms with Gasteiger partial charge < -0.3 is 4.57 Å². The minimum Gasteiger partial charge on any atom is -0.305 e. The van der Waals surface area contributed by atoms with Crippen LogP contribution in [-0.2, 0) is 0 Å². The number of rotatable bonds is 7. The van der Waals surface area contributed by atoms with E-state index in [0.717, 1.165) is 121 Å². The van der Waals surface area contributed by atoms with Crippen LogP contribution in [0.3, 0.4) is 0 Å². The van der Waals surface area contributed by atoms with Crippen LogP contribution in [-0.4, -0.2) is 33.6 Å². The molecule has 5 heterocycles. The Balaban J connectivity index is 1.27. The molecular weight excluding hydrogens is 891 g/mol. The molecule has 0 fully saturated rings. The highest BCUT2D eigenvalue weighted by molar-refractivity contribution is 6.15. The van der Waals surface area contributed by atoms with Crippen molar-refractivity contribution in [2.45, 2.75) is 0 Å². The van der Waals surface area contributed by atoms with E-state index in [1.165, 1.54) is 0 Å². The lowest BCUT2D eigenvalue weighted by molar-refractivity contribution is 0.979. The summed E-state index contributed by atoms with van der Waals surface area (Å²) >= 11 is 0. The molecule has 15 aromatic rings. The topological polar surface area (TPSA) is 66.3 Å². The zero-order chi connectivity index (χ0) is 48.0. The van der Waals surface area contributed by atoms with Crippen LogP contribution >= 0.6 is 0 Å².